The maximum absolute atomic E-state index is 11.6. The number of nitrogen functional groups attached to an aromatic ring is 1. The van der Waals surface area contributed by atoms with Crippen molar-refractivity contribution in [2.45, 2.75) is 32.7 Å². The van der Waals surface area contributed by atoms with E-state index in [0.29, 0.717) is 17.3 Å². The van der Waals surface area contributed by atoms with Gasteiger partial charge in [-0.3, -0.25) is 4.79 Å². The molecule has 1 saturated heterocycles. The normalized spacial score (nSPS) is 23.2. The summed E-state index contributed by atoms with van der Waals surface area (Å²) in [6.07, 6.45) is 2.39. The lowest BCUT2D eigenvalue weighted by Crippen LogP contribution is -2.40. The summed E-state index contributed by atoms with van der Waals surface area (Å²) in [4.78, 5) is 13.9. The minimum Gasteiger partial charge on any atom is -0.397 e. The Balaban J connectivity index is 2.23. The molecule has 1 heterocycles. The summed E-state index contributed by atoms with van der Waals surface area (Å²) in [6, 6.07) is 6.07. The van der Waals surface area contributed by atoms with E-state index in [0.717, 1.165) is 18.2 Å². The van der Waals surface area contributed by atoms with E-state index in [1.165, 1.54) is 12.8 Å². The molecule has 3 N–H and O–H groups in total. The molecule has 1 aromatic carbocycles. The zero-order chi connectivity index (χ0) is 14.0. The van der Waals surface area contributed by atoms with E-state index in [1.54, 1.807) is 13.1 Å². The van der Waals surface area contributed by atoms with Gasteiger partial charge in [-0.25, -0.2) is 0 Å². The lowest BCUT2D eigenvalue weighted by atomic mass is 9.92. The van der Waals surface area contributed by atoms with Crippen molar-refractivity contribution in [3.05, 3.63) is 23.8 Å². The molecule has 4 nitrogen and oxygen atoms in total. The quantitative estimate of drug-likeness (QED) is 0.803. The van der Waals surface area contributed by atoms with Crippen molar-refractivity contribution in [1.29, 1.82) is 0 Å². The predicted octanol–water partition coefficient (Wildman–Crippen LogP) is 2.25. The first-order valence-electron chi connectivity index (χ1n) is 6.91. The van der Waals surface area contributed by atoms with Crippen LogP contribution in [0.5, 0.6) is 0 Å². The van der Waals surface area contributed by atoms with Crippen LogP contribution in [0, 0.1) is 5.92 Å². The Hall–Kier alpha value is -1.71. The number of hydrogen-bond acceptors (Lipinski definition) is 3. The first-order valence-corrected chi connectivity index (χ1v) is 6.91. The molecule has 19 heavy (non-hydrogen) atoms. The van der Waals surface area contributed by atoms with Crippen molar-refractivity contribution in [3.8, 4) is 0 Å². The van der Waals surface area contributed by atoms with E-state index in [2.05, 4.69) is 24.1 Å². The van der Waals surface area contributed by atoms with Gasteiger partial charge in [0.2, 0.25) is 0 Å². The van der Waals surface area contributed by atoms with Gasteiger partial charge in [-0.2, -0.15) is 0 Å². The van der Waals surface area contributed by atoms with E-state index in [-0.39, 0.29) is 5.91 Å². The van der Waals surface area contributed by atoms with E-state index < -0.39 is 0 Å². The van der Waals surface area contributed by atoms with Gasteiger partial charge in [0, 0.05) is 25.2 Å². The summed E-state index contributed by atoms with van der Waals surface area (Å²) in [7, 11) is 1.63. The highest BCUT2D eigenvalue weighted by Gasteiger charge is 2.24. The molecule has 0 bridgehead atoms. The highest BCUT2D eigenvalue weighted by molar-refractivity contribution is 5.96. The molecule has 0 spiro atoms. The minimum absolute atomic E-state index is 0.0986. The monoisotopic (exact) mass is 261 g/mol. The Morgan fingerprint density at radius 2 is 2.16 bits per heavy atom. The second kappa shape index (κ2) is 5.51. The number of rotatable bonds is 2. The molecule has 104 valence electrons. The van der Waals surface area contributed by atoms with E-state index in [1.807, 2.05) is 12.1 Å². The van der Waals surface area contributed by atoms with Gasteiger partial charge in [0.25, 0.3) is 5.91 Å². The van der Waals surface area contributed by atoms with Gasteiger partial charge in [0.05, 0.1) is 11.4 Å². The topological polar surface area (TPSA) is 58.4 Å². The molecular weight excluding hydrogens is 238 g/mol. The van der Waals surface area contributed by atoms with Gasteiger partial charge >= 0.3 is 0 Å². The molecule has 1 aliphatic heterocycles. The third-order valence-corrected chi connectivity index (χ3v) is 3.96. The van der Waals surface area contributed by atoms with Gasteiger partial charge < -0.3 is 16.0 Å². The summed E-state index contributed by atoms with van der Waals surface area (Å²) in [6.45, 7) is 5.57. The number of nitrogens with two attached hydrogens (primary N) is 1. The van der Waals surface area contributed by atoms with E-state index in [4.69, 9.17) is 5.73 Å². The Bertz CT molecular complexity index is 472. The number of carbonyl (C=O) groups is 1. The van der Waals surface area contributed by atoms with Crippen molar-refractivity contribution in [2.24, 2.45) is 5.92 Å². The van der Waals surface area contributed by atoms with E-state index in [9.17, 15) is 4.79 Å². The summed E-state index contributed by atoms with van der Waals surface area (Å²) >= 11 is 0. The van der Waals surface area contributed by atoms with Crippen LogP contribution in [-0.2, 0) is 0 Å². The van der Waals surface area contributed by atoms with Crippen molar-refractivity contribution in [3.63, 3.8) is 0 Å². The molecule has 0 radical (unpaired) electrons. The third-order valence-electron chi connectivity index (χ3n) is 3.96. The fourth-order valence-electron chi connectivity index (χ4n) is 2.87. The van der Waals surface area contributed by atoms with Crippen LogP contribution < -0.4 is 16.0 Å². The lowest BCUT2D eigenvalue weighted by molar-refractivity contribution is 0.0963. The van der Waals surface area contributed by atoms with Gasteiger partial charge in [0.1, 0.15) is 0 Å². The van der Waals surface area contributed by atoms with Crippen molar-refractivity contribution in [1.82, 2.24) is 5.32 Å². The summed E-state index contributed by atoms with van der Waals surface area (Å²) in [5, 5.41) is 2.61. The maximum Gasteiger partial charge on any atom is 0.251 e. The average molecular weight is 261 g/mol. The lowest BCUT2D eigenvalue weighted by Gasteiger charge is -2.39. The molecule has 4 heteroatoms. The highest BCUT2D eigenvalue weighted by atomic mass is 16.1. The minimum atomic E-state index is -0.0986. The van der Waals surface area contributed by atoms with Crippen LogP contribution in [0.1, 0.15) is 37.0 Å². The van der Waals surface area contributed by atoms with Crippen molar-refractivity contribution in [2.75, 3.05) is 24.2 Å². The van der Waals surface area contributed by atoms with Gasteiger partial charge in [-0.15, -0.1) is 0 Å². The summed E-state index contributed by atoms with van der Waals surface area (Å²) in [5.74, 6) is 0.677. The second-order valence-electron chi connectivity index (χ2n) is 5.52. The molecule has 0 aromatic heterocycles. The number of nitrogens with one attached hydrogen (secondary N) is 1. The number of piperidine rings is 1. The smallest absolute Gasteiger partial charge is 0.251 e. The Morgan fingerprint density at radius 1 is 1.42 bits per heavy atom. The van der Waals surface area contributed by atoms with Gasteiger partial charge in [0.15, 0.2) is 0 Å². The zero-order valence-corrected chi connectivity index (χ0v) is 11.9. The summed E-state index contributed by atoms with van der Waals surface area (Å²) < 4.78 is 0. The molecule has 0 aliphatic carbocycles. The Morgan fingerprint density at radius 3 is 2.74 bits per heavy atom. The van der Waals surface area contributed by atoms with Crippen LogP contribution in [0.2, 0.25) is 0 Å². The first-order chi connectivity index (χ1) is 9.02. The zero-order valence-electron chi connectivity index (χ0n) is 11.9. The first kappa shape index (κ1) is 13.7. The van der Waals surface area contributed by atoms with Crippen molar-refractivity contribution >= 4 is 17.3 Å². The van der Waals surface area contributed by atoms with Crippen LogP contribution in [0.3, 0.4) is 0 Å². The van der Waals surface area contributed by atoms with Crippen LogP contribution in [0.4, 0.5) is 11.4 Å². The predicted molar refractivity (Wildman–Crippen MR) is 79.5 cm³/mol. The highest BCUT2D eigenvalue weighted by Crippen LogP contribution is 2.32. The molecule has 1 aliphatic rings. The maximum atomic E-state index is 11.6. The van der Waals surface area contributed by atoms with Gasteiger partial charge in [-0.1, -0.05) is 6.92 Å². The molecule has 2 atom stereocenters. The largest absolute Gasteiger partial charge is 0.397 e. The SMILES string of the molecule is CNC(=O)c1ccc(N2CCC(C)CC2C)c(N)c1. The van der Waals surface area contributed by atoms with Crippen LogP contribution in [0.15, 0.2) is 18.2 Å². The van der Waals surface area contributed by atoms with Crippen LogP contribution in [-0.4, -0.2) is 25.5 Å². The second-order valence-corrected chi connectivity index (χ2v) is 5.52. The number of amides is 1. The van der Waals surface area contributed by atoms with Crippen LogP contribution >= 0.6 is 0 Å². The van der Waals surface area contributed by atoms with Gasteiger partial charge in [-0.05, 0) is 43.9 Å². The van der Waals surface area contributed by atoms with E-state index >= 15 is 0 Å². The molecule has 1 amide bonds. The molecule has 0 saturated carbocycles. The Kier molecular flexibility index (Phi) is 3.98. The Labute approximate surface area is 115 Å². The fourth-order valence-corrected chi connectivity index (χ4v) is 2.87. The number of benzene rings is 1. The fraction of sp³-hybridized carbons (Fsp3) is 0.533. The molecular formula is C15H23N3O. The molecule has 1 fully saturated rings. The molecule has 1 aromatic rings. The number of anilines is 2. The molecule has 2 rings (SSSR count). The van der Waals surface area contributed by atoms with Crippen molar-refractivity contribution < 1.29 is 4.79 Å². The standard InChI is InChI=1S/C15H23N3O/c1-10-6-7-18(11(2)8-10)14-5-4-12(9-13(14)16)15(19)17-3/h4-5,9-11H,6-8,16H2,1-3H3,(H,17,19). The average Bonchev–Trinajstić information content (AvgIpc) is 2.38. The summed E-state index contributed by atoms with van der Waals surface area (Å²) in [5.41, 5.74) is 8.46. The molecule has 2 unspecified atom stereocenters. The number of hydrogen-bond donors (Lipinski definition) is 2. The number of carbonyl (C=O) groups excluding carboxylic acids is 1. The third kappa shape index (κ3) is 2.83. The van der Waals surface area contributed by atoms with Crippen LogP contribution in [0.25, 0.3) is 0 Å². The number of nitrogens with zero attached hydrogens (tertiary/aromatic N) is 1.